The normalized spacial score (nSPS) is 14.8. The number of carbonyl (C=O) groups is 1. The summed E-state index contributed by atoms with van der Waals surface area (Å²) in [7, 11) is 1.85. The molecule has 2 atom stereocenters. The van der Waals surface area contributed by atoms with Crippen molar-refractivity contribution in [2.45, 2.75) is 32.9 Å². The average molecular weight is 270 g/mol. The standard InChI is InChI=1S/C14H20ClNO2/c1-9(2)13(14(17)18)16(4)10(3)11-5-7-12(15)8-6-11/h5-10,13H,1-4H3,(H,17,18). The quantitative estimate of drug-likeness (QED) is 0.890. The average Bonchev–Trinajstić information content (AvgIpc) is 2.28. The van der Waals surface area contributed by atoms with E-state index in [9.17, 15) is 9.90 Å². The number of carboxylic acids is 1. The van der Waals surface area contributed by atoms with E-state index in [2.05, 4.69) is 0 Å². The van der Waals surface area contributed by atoms with E-state index in [1.54, 1.807) is 0 Å². The Morgan fingerprint density at radius 3 is 2.11 bits per heavy atom. The van der Waals surface area contributed by atoms with Crippen LogP contribution in [0, 0.1) is 5.92 Å². The van der Waals surface area contributed by atoms with E-state index in [0.29, 0.717) is 5.02 Å². The lowest BCUT2D eigenvalue weighted by Crippen LogP contribution is -2.43. The van der Waals surface area contributed by atoms with Crippen molar-refractivity contribution < 1.29 is 9.90 Å². The van der Waals surface area contributed by atoms with Crippen LogP contribution in [0.1, 0.15) is 32.4 Å². The summed E-state index contributed by atoms with van der Waals surface area (Å²) in [5.41, 5.74) is 1.06. The summed E-state index contributed by atoms with van der Waals surface area (Å²) < 4.78 is 0. The molecule has 3 nitrogen and oxygen atoms in total. The van der Waals surface area contributed by atoms with Gasteiger partial charge >= 0.3 is 5.97 Å². The zero-order valence-corrected chi connectivity index (χ0v) is 12.0. The molecular weight excluding hydrogens is 250 g/mol. The summed E-state index contributed by atoms with van der Waals surface area (Å²) in [4.78, 5) is 13.2. The molecule has 2 unspecified atom stereocenters. The van der Waals surface area contributed by atoms with Gasteiger partial charge in [0.2, 0.25) is 0 Å². The van der Waals surface area contributed by atoms with Gasteiger partial charge in [-0.15, -0.1) is 0 Å². The number of nitrogens with zero attached hydrogens (tertiary/aromatic N) is 1. The molecule has 0 saturated carbocycles. The number of hydrogen-bond acceptors (Lipinski definition) is 2. The molecule has 0 aliphatic carbocycles. The van der Waals surface area contributed by atoms with Crippen LogP contribution >= 0.6 is 11.6 Å². The number of benzene rings is 1. The summed E-state index contributed by atoms with van der Waals surface area (Å²) in [6.45, 7) is 5.84. The molecular formula is C14H20ClNO2. The first-order valence-electron chi connectivity index (χ1n) is 6.04. The SMILES string of the molecule is CC(C)C(C(=O)O)N(C)C(C)c1ccc(Cl)cc1. The Morgan fingerprint density at radius 2 is 1.72 bits per heavy atom. The molecule has 4 heteroatoms. The van der Waals surface area contributed by atoms with Gasteiger partial charge in [-0.2, -0.15) is 0 Å². The van der Waals surface area contributed by atoms with E-state index < -0.39 is 12.0 Å². The van der Waals surface area contributed by atoms with Gasteiger partial charge in [-0.25, -0.2) is 0 Å². The number of halogens is 1. The molecule has 0 aliphatic rings. The van der Waals surface area contributed by atoms with Crippen LogP contribution in [0.3, 0.4) is 0 Å². The highest BCUT2D eigenvalue weighted by Crippen LogP contribution is 2.25. The van der Waals surface area contributed by atoms with E-state index in [1.165, 1.54) is 0 Å². The predicted molar refractivity (Wildman–Crippen MR) is 73.9 cm³/mol. The molecule has 18 heavy (non-hydrogen) atoms. The predicted octanol–water partition coefficient (Wildman–Crippen LogP) is 3.44. The molecule has 0 aliphatic heterocycles. The van der Waals surface area contributed by atoms with E-state index in [-0.39, 0.29) is 12.0 Å². The van der Waals surface area contributed by atoms with Crippen molar-refractivity contribution in [1.29, 1.82) is 0 Å². The Morgan fingerprint density at radius 1 is 1.22 bits per heavy atom. The van der Waals surface area contributed by atoms with Crippen LogP contribution in [-0.4, -0.2) is 29.1 Å². The van der Waals surface area contributed by atoms with Crippen LogP contribution in [0.4, 0.5) is 0 Å². The lowest BCUT2D eigenvalue weighted by atomic mass is 9.99. The smallest absolute Gasteiger partial charge is 0.321 e. The third-order valence-corrected chi connectivity index (χ3v) is 3.54. The Hall–Kier alpha value is -1.06. The van der Waals surface area contributed by atoms with Crippen LogP contribution in [-0.2, 0) is 4.79 Å². The van der Waals surface area contributed by atoms with E-state index in [1.807, 2.05) is 57.0 Å². The van der Waals surface area contributed by atoms with Crippen molar-refractivity contribution in [3.8, 4) is 0 Å². The summed E-state index contributed by atoms with van der Waals surface area (Å²) >= 11 is 5.85. The number of aliphatic carboxylic acids is 1. The molecule has 1 aromatic carbocycles. The second kappa shape index (κ2) is 6.21. The minimum Gasteiger partial charge on any atom is -0.480 e. The maximum Gasteiger partial charge on any atom is 0.321 e. The second-order valence-corrected chi connectivity index (χ2v) is 5.36. The van der Waals surface area contributed by atoms with Crippen LogP contribution in [0.5, 0.6) is 0 Å². The summed E-state index contributed by atoms with van der Waals surface area (Å²) in [6, 6.07) is 7.06. The van der Waals surface area contributed by atoms with Gasteiger partial charge in [0.1, 0.15) is 6.04 Å². The fourth-order valence-electron chi connectivity index (χ4n) is 2.15. The first kappa shape index (κ1) is 15.0. The monoisotopic (exact) mass is 269 g/mol. The summed E-state index contributed by atoms with van der Waals surface area (Å²) in [5.74, 6) is -0.726. The Balaban J connectivity index is 2.91. The largest absolute Gasteiger partial charge is 0.480 e. The van der Waals surface area contributed by atoms with E-state index in [4.69, 9.17) is 11.6 Å². The van der Waals surface area contributed by atoms with E-state index >= 15 is 0 Å². The highest BCUT2D eigenvalue weighted by Gasteiger charge is 2.29. The molecule has 0 amide bonds. The van der Waals surface area contributed by atoms with Crippen molar-refractivity contribution >= 4 is 17.6 Å². The molecule has 1 N–H and O–H groups in total. The van der Waals surface area contributed by atoms with Crippen LogP contribution in [0.25, 0.3) is 0 Å². The van der Waals surface area contributed by atoms with Gasteiger partial charge in [-0.05, 0) is 37.6 Å². The molecule has 0 aromatic heterocycles. The highest BCUT2D eigenvalue weighted by molar-refractivity contribution is 6.30. The Bertz CT molecular complexity index is 403. The van der Waals surface area contributed by atoms with Gasteiger partial charge in [0, 0.05) is 11.1 Å². The fourth-order valence-corrected chi connectivity index (χ4v) is 2.27. The number of rotatable bonds is 5. The second-order valence-electron chi connectivity index (χ2n) is 4.92. The Kier molecular flexibility index (Phi) is 5.17. The molecule has 0 spiro atoms. The van der Waals surface area contributed by atoms with Crippen LogP contribution in [0.2, 0.25) is 5.02 Å². The third-order valence-electron chi connectivity index (χ3n) is 3.29. The lowest BCUT2D eigenvalue weighted by molar-refractivity contribution is -0.145. The first-order chi connectivity index (χ1) is 8.34. The number of hydrogen-bond donors (Lipinski definition) is 1. The molecule has 100 valence electrons. The van der Waals surface area contributed by atoms with Crippen molar-refractivity contribution in [2.24, 2.45) is 5.92 Å². The van der Waals surface area contributed by atoms with Crippen molar-refractivity contribution in [3.63, 3.8) is 0 Å². The summed E-state index contributed by atoms with van der Waals surface area (Å²) in [5, 5.41) is 9.98. The fraction of sp³-hybridized carbons (Fsp3) is 0.500. The van der Waals surface area contributed by atoms with Crippen molar-refractivity contribution in [3.05, 3.63) is 34.9 Å². The topological polar surface area (TPSA) is 40.5 Å². The van der Waals surface area contributed by atoms with Crippen LogP contribution < -0.4 is 0 Å². The van der Waals surface area contributed by atoms with Gasteiger partial charge in [0.25, 0.3) is 0 Å². The molecule has 0 bridgehead atoms. The molecule has 1 aromatic rings. The molecule has 1 rings (SSSR count). The van der Waals surface area contributed by atoms with E-state index in [0.717, 1.165) is 5.56 Å². The number of likely N-dealkylation sites (N-methyl/N-ethyl adjacent to an activating group) is 1. The van der Waals surface area contributed by atoms with Crippen molar-refractivity contribution in [1.82, 2.24) is 4.90 Å². The van der Waals surface area contributed by atoms with Gasteiger partial charge in [0.05, 0.1) is 0 Å². The van der Waals surface area contributed by atoms with Gasteiger partial charge in [-0.3, -0.25) is 9.69 Å². The van der Waals surface area contributed by atoms with Gasteiger partial charge in [-0.1, -0.05) is 37.6 Å². The Labute approximate surface area is 113 Å². The minimum absolute atomic E-state index is 0.0331. The first-order valence-corrected chi connectivity index (χ1v) is 6.42. The van der Waals surface area contributed by atoms with Crippen molar-refractivity contribution in [2.75, 3.05) is 7.05 Å². The van der Waals surface area contributed by atoms with Crippen LogP contribution in [0.15, 0.2) is 24.3 Å². The zero-order valence-electron chi connectivity index (χ0n) is 11.2. The molecule has 0 heterocycles. The zero-order chi connectivity index (χ0) is 13.9. The molecule has 0 fully saturated rings. The molecule has 0 saturated heterocycles. The molecule has 0 radical (unpaired) electrons. The maximum atomic E-state index is 11.3. The van der Waals surface area contributed by atoms with Gasteiger partial charge in [0.15, 0.2) is 0 Å². The minimum atomic E-state index is -0.784. The highest BCUT2D eigenvalue weighted by atomic mass is 35.5. The number of carboxylic acid groups (broad SMARTS) is 1. The maximum absolute atomic E-state index is 11.3. The lowest BCUT2D eigenvalue weighted by Gasteiger charge is -2.33. The third kappa shape index (κ3) is 3.47. The van der Waals surface area contributed by atoms with Gasteiger partial charge < -0.3 is 5.11 Å². The summed E-state index contributed by atoms with van der Waals surface area (Å²) in [6.07, 6.45) is 0.